The topological polar surface area (TPSA) is 85.7 Å². The number of para-hydroxylation sites is 2. The van der Waals surface area contributed by atoms with E-state index in [0.717, 1.165) is 37.0 Å². The predicted molar refractivity (Wildman–Crippen MR) is 118 cm³/mol. The molecule has 8 heteroatoms. The molecule has 160 valence electrons. The molecule has 0 radical (unpaired) electrons. The smallest absolute Gasteiger partial charge is 0.294 e. The second-order valence-corrected chi connectivity index (χ2v) is 7.73. The molecule has 1 amide bonds. The first-order valence-electron chi connectivity index (χ1n) is 10.6. The SMILES string of the molecule is O=C(CCn1c(=O)c(N2CCCC2)nc2ccccc21)Nc1ccc2c(c1)OCCO2. The third kappa shape index (κ3) is 3.93. The van der Waals surface area contributed by atoms with Gasteiger partial charge < -0.3 is 24.3 Å². The predicted octanol–water partition coefficient (Wildman–Crippen LogP) is 2.80. The number of hydrogen-bond acceptors (Lipinski definition) is 6. The maximum atomic E-state index is 13.2. The quantitative estimate of drug-likeness (QED) is 0.683. The third-order valence-electron chi connectivity index (χ3n) is 5.63. The molecule has 2 aliphatic heterocycles. The van der Waals surface area contributed by atoms with Gasteiger partial charge in [0.2, 0.25) is 5.91 Å². The molecule has 0 spiro atoms. The molecule has 0 atom stereocenters. The number of anilines is 2. The van der Waals surface area contributed by atoms with Crippen molar-refractivity contribution in [2.45, 2.75) is 25.8 Å². The summed E-state index contributed by atoms with van der Waals surface area (Å²) in [5.41, 5.74) is 1.99. The Balaban J connectivity index is 1.36. The molecule has 3 aromatic rings. The van der Waals surface area contributed by atoms with Crippen LogP contribution in [-0.4, -0.2) is 41.8 Å². The first-order chi connectivity index (χ1) is 15.2. The maximum absolute atomic E-state index is 13.2. The summed E-state index contributed by atoms with van der Waals surface area (Å²) < 4.78 is 12.7. The second-order valence-electron chi connectivity index (χ2n) is 7.73. The summed E-state index contributed by atoms with van der Waals surface area (Å²) in [4.78, 5) is 32.5. The van der Waals surface area contributed by atoms with Crippen molar-refractivity contribution in [2.24, 2.45) is 0 Å². The van der Waals surface area contributed by atoms with Gasteiger partial charge in [0.1, 0.15) is 13.2 Å². The van der Waals surface area contributed by atoms with Gasteiger partial charge in [-0.25, -0.2) is 4.98 Å². The van der Waals surface area contributed by atoms with Crippen LogP contribution in [0.25, 0.3) is 11.0 Å². The lowest BCUT2D eigenvalue weighted by Gasteiger charge is -2.19. The van der Waals surface area contributed by atoms with E-state index < -0.39 is 0 Å². The summed E-state index contributed by atoms with van der Waals surface area (Å²) in [7, 11) is 0. The number of nitrogens with zero attached hydrogens (tertiary/aromatic N) is 3. The minimum atomic E-state index is -0.174. The van der Waals surface area contributed by atoms with E-state index in [1.807, 2.05) is 29.2 Å². The molecule has 1 saturated heterocycles. The summed E-state index contributed by atoms with van der Waals surface area (Å²) in [5.74, 6) is 1.60. The van der Waals surface area contributed by atoms with Crippen LogP contribution in [0.3, 0.4) is 0 Å². The molecule has 2 aromatic carbocycles. The summed E-state index contributed by atoms with van der Waals surface area (Å²) in [6.45, 7) is 2.96. The number of fused-ring (bicyclic) bond motifs is 2. The molecule has 8 nitrogen and oxygen atoms in total. The van der Waals surface area contributed by atoms with E-state index in [1.54, 1.807) is 22.8 Å². The Morgan fingerprint density at radius 2 is 1.81 bits per heavy atom. The van der Waals surface area contributed by atoms with E-state index in [-0.39, 0.29) is 24.4 Å². The maximum Gasteiger partial charge on any atom is 0.294 e. The Kier molecular flexibility index (Phi) is 5.19. The normalized spacial score (nSPS) is 15.3. The minimum Gasteiger partial charge on any atom is -0.486 e. The number of benzene rings is 2. The molecule has 31 heavy (non-hydrogen) atoms. The van der Waals surface area contributed by atoms with Crippen LogP contribution in [0.2, 0.25) is 0 Å². The minimum absolute atomic E-state index is 0.146. The van der Waals surface area contributed by atoms with E-state index >= 15 is 0 Å². The van der Waals surface area contributed by atoms with Gasteiger partial charge in [-0.15, -0.1) is 0 Å². The van der Waals surface area contributed by atoms with E-state index in [4.69, 9.17) is 9.47 Å². The fourth-order valence-corrected chi connectivity index (χ4v) is 4.09. The van der Waals surface area contributed by atoms with Gasteiger partial charge in [-0.3, -0.25) is 9.59 Å². The Labute approximate surface area is 179 Å². The Morgan fingerprint density at radius 3 is 2.65 bits per heavy atom. The molecule has 5 rings (SSSR count). The van der Waals surface area contributed by atoms with Crippen LogP contribution < -0.4 is 25.2 Å². The van der Waals surface area contributed by atoms with Gasteiger partial charge >= 0.3 is 0 Å². The van der Waals surface area contributed by atoms with Crippen LogP contribution in [0.15, 0.2) is 47.3 Å². The van der Waals surface area contributed by atoms with Gasteiger partial charge in [-0.1, -0.05) is 12.1 Å². The zero-order chi connectivity index (χ0) is 21.2. The van der Waals surface area contributed by atoms with Gasteiger partial charge in [0.05, 0.1) is 11.0 Å². The third-order valence-corrected chi connectivity index (χ3v) is 5.63. The molecule has 1 fully saturated rings. The fraction of sp³-hybridized carbons (Fsp3) is 0.348. The van der Waals surface area contributed by atoms with Crippen molar-refractivity contribution in [3.63, 3.8) is 0 Å². The lowest BCUT2D eigenvalue weighted by molar-refractivity contribution is -0.116. The van der Waals surface area contributed by atoms with Crippen molar-refractivity contribution >= 4 is 28.4 Å². The standard InChI is InChI=1S/C23H24N4O4/c28-21(24-16-7-8-19-20(15-16)31-14-13-30-19)9-12-27-18-6-2-1-5-17(18)25-22(23(27)29)26-10-3-4-11-26/h1-2,5-8,15H,3-4,9-14H2,(H,24,28). The molecule has 0 aliphatic carbocycles. The highest BCUT2D eigenvalue weighted by molar-refractivity contribution is 5.91. The number of hydrogen-bond donors (Lipinski definition) is 1. The van der Waals surface area contributed by atoms with Crippen LogP contribution in [-0.2, 0) is 11.3 Å². The number of aromatic nitrogens is 2. The molecular formula is C23H24N4O4. The van der Waals surface area contributed by atoms with Gasteiger partial charge in [-0.05, 0) is 37.1 Å². The highest BCUT2D eigenvalue weighted by atomic mass is 16.6. The zero-order valence-corrected chi connectivity index (χ0v) is 17.2. The largest absolute Gasteiger partial charge is 0.486 e. The Hall–Kier alpha value is -3.55. The van der Waals surface area contributed by atoms with E-state index in [0.29, 0.717) is 36.2 Å². The molecule has 0 bridgehead atoms. The highest BCUT2D eigenvalue weighted by Gasteiger charge is 2.20. The average Bonchev–Trinajstić information content (AvgIpc) is 3.33. The van der Waals surface area contributed by atoms with Gasteiger partial charge in [-0.2, -0.15) is 0 Å². The number of nitrogens with one attached hydrogen (secondary N) is 1. The van der Waals surface area contributed by atoms with Crippen LogP contribution >= 0.6 is 0 Å². The first kappa shape index (κ1) is 19.4. The lowest BCUT2D eigenvalue weighted by atomic mass is 10.2. The van der Waals surface area contributed by atoms with Gasteiger partial charge in [0, 0.05) is 37.8 Å². The molecule has 2 aliphatic rings. The summed E-state index contributed by atoms with van der Waals surface area (Å²) in [6, 6.07) is 12.9. The number of ether oxygens (including phenoxy) is 2. The molecule has 0 unspecified atom stereocenters. The van der Waals surface area contributed by atoms with Crippen LogP contribution in [0.5, 0.6) is 11.5 Å². The van der Waals surface area contributed by atoms with E-state index in [1.165, 1.54) is 0 Å². The number of carbonyl (C=O) groups excluding carboxylic acids is 1. The van der Waals surface area contributed by atoms with Crippen molar-refractivity contribution < 1.29 is 14.3 Å². The summed E-state index contributed by atoms with van der Waals surface area (Å²) >= 11 is 0. The van der Waals surface area contributed by atoms with Crippen LogP contribution in [0.4, 0.5) is 11.5 Å². The lowest BCUT2D eigenvalue weighted by Crippen LogP contribution is -2.32. The van der Waals surface area contributed by atoms with Gasteiger partial charge in [0.15, 0.2) is 17.3 Å². The molecule has 0 saturated carbocycles. The van der Waals surface area contributed by atoms with Crippen molar-refractivity contribution in [1.29, 1.82) is 0 Å². The number of carbonyl (C=O) groups is 1. The van der Waals surface area contributed by atoms with Crippen LogP contribution in [0.1, 0.15) is 19.3 Å². The number of aryl methyl sites for hydroxylation is 1. The second kappa shape index (κ2) is 8.29. The van der Waals surface area contributed by atoms with Crippen molar-refractivity contribution in [3.8, 4) is 11.5 Å². The average molecular weight is 420 g/mol. The Bertz CT molecular complexity index is 1180. The molecule has 3 heterocycles. The highest BCUT2D eigenvalue weighted by Crippen LogP contribution is 2.32. The van der Waals surface area contributed by atoms with E-state index in [9.17, 15) is 9.59 Å². The monoisotopic (exact) mass is 420 g/mol. The van der Waals surface area contributed by atoms with Crippen molar-refractivity contribution in [1.82, 2.24) is 9.55 Å². The number of amides is 1. The molecule has 1 N–H and O–H groups in total. The zero-order valence-electron chi connectivity index (χ0n) is 17.2. The van der Waals surface area contributed by atoms with E-state index in [2.05, 4.69) is 10.3 Å². The van der Waals surface area contributed by atoms with Crippen molar-refractivity contribution in [3.05, 3.63) is 52.8 Å². The van der Waals surface area contributed by atoms with Crippen LogP contribution in [0, 0.1) is 0 Å². The molecular weight excluding hydrogens is 396 g/mol. The van der Waals surface area contributed by atoms with Gasteiger partial charge in [0.25, 0.3) is 5.56 Å². The first-order valence-corrected chi connectivity index (χ1v) is 10.6. The Morgan fingerprint density at radius 1 is 1.03 bits per heavy atom. The summed E-state index contributed by atoms with van der Waals surface area (Å²) in [5, 5.41) is 2.88. The number of rotatable bonds is 5. The van der Waals surface area contributed by atoms with Crippen molar-refractivity contribution in [2.75, 3.05) is 36.5 Å². The fourth-order valence-electron chi connectivity index (χ4n) is 4.09. The summed E-state index contributed by atoms with van der Waals surface area (Å²) in [6.07, 6.45) is 2.29. The molecule has 1 aromatic heterocycles.